The summed E-state index contributed by atoms with van der Waals surface area (Å²) < 4.78 is 5.36. The second-order valence-electron chi connectivity index (χ2n) is 9.85. The van der Waals surface area contributed by atoms with E-state index in [9.17, 15) is 24.3 Å². The van der Waals surface area contributed by atoms with E-state index in [0.29, 0.717) is 51.3 Å². The third-order valence-electron chi connectivity index (χ3n) is 7.29. The number of ether oxygens (including phenoxy) is 1. The van der Waals surface area contributed by atoms with E-state index in [1.165, 1.54) is 4.90 Å². The zero-order chi connectivity index (χ0) is 26.6. The van der Waals surface area contributed by atoms with Crippen molar-refractivity contribution in [3.63, 3.8) is 0 Å². The molecule has 0 spiro atoms. The lowest BCUT2D eigenvalue weighted by Crippen LogP contribution is -2.53. The van der Waals surface area contributed by atoms with E-state index in [1.807, 2.05) is 53.4 Å². The number of nitrogens with one attached hydrogen (secondary N) is 1. The van der Waals surface area contributed by atoms with Gasteiger partial charge < -0.3 is 15.2 Å². The van der Waals surface area contributed by atoms with Crippen LogP contribution in [0, 0.1) is 0 Å². The number of aliphatic carboxylic acids is 1. The highest BCUT2D eigenvalue weighted by Gasteiger charge is 2.44. The predicted octanol–water partition coefficient (Wildman–Crippen LogP) is 1.66. The number of rotatable bonds is 8. The highest BCUT2D eigenvalue weighted by atomic mass is 32.2. The van der Waals surface area contributed by atoms with E-state index < -0.39 is 35.1 Å². The van der Waals surface area contributed by atoms with Gasteiger partial charge in [0.1, 0.15) is 12.1 Å². The third-order valence-corrected chi connectivity index (χ3v) is 8.35. The Morgan fingerprint density at radius 3 is 2.53 bits per heavy atom. The Bertz CT molecular complexity index is 1220. The Hall–Kier alpha value is -3.21. The lowest BCUT2D eigenvalue weighted by atomic mass is 10.0. The minimum Gasteiger partial charge on any atom is -0.480 e. The van der Waals surface area contributed by atoms with Crippen molar-refractivity contribution in [2.75, 3.05) is 37.7 Å². The Labute approximate surface area is 225 Å². The Kier molecular flexibility index (Phi) is 8.11. The van der Waals surface area contributed by atoms with Crippen molar-refractivity contribution in [2.45, 2.75) is 43.0 Å². The summed E-state index contributed by atoms with van der Waals surface area (Å²) in [7, 11) is 0. The highest BCUT2D eigenvalue weighted by Crippen LogP contribution is 2.39. The monoisotopic (exact) mass is 537 g/mol. The second-order valence-corrected chi connectivity index (χ2v) is 11.1. The zero-order valence-electron chi connectivity index (χ0n) is 21.0. The fourth-order valence-corrected chi connectivity index (χ4v) is 6.41. The van der Waals surface area contributed by atoms with Crippen molar-refractivity contribution in [3.8, 4) is 0 Å². The fraction of sp³-hybridized carbons (Fsp3) is 0.429. The van der Waals surface area contributed by atoms with E-state index in [2.05, 4.69) is 5.32 Å². The van der Waals surface area contributed by atoms with Crippen molar-refractivity contribution in [2.24, 2.45) is 0 Å². The minimum absolute atomic E-state index is 0.113. The maximum absolute atomic E-state index is 13.6. The molecule has 10 heteroatoms. The number of benzene rings is 2. The van der Waals surface area contributed by atoms with Gasteiger partial charge in [-0.25, -0.2) is 4.79 Å². The highest BCUT2D eigenvalue weighted by molar-refractivity contribution is 8.14. The van der Waals surface area contributed by atoms with Crippen LogP contribution in [0.5, 0.6) is 0 Å². The summed E-state index contributed by atoms with van der Waals surface area (Å²) in [5, 5.41) is 11.9. The molecule has 2 amide bonds. The number of anilines is 1. The molecule has 200 valence electrons. The quantitative estimate of drug-likeness (QED) is 0.523. The number of carbonyl (C=O) groups excluding carboxylic acids is 3. The second kappa shape index (κ2) is 11.7. The van der Waals surface area contributed by atoms with Crippen LogP contribution < -0.4 is 10.2 Å². The number of amides is 2. The van der Waals surface area contributed by atoms with E-state index in [-0.39, 0.29) is 18.1 Å². The average molecular weight is 538 g/mol. The van der Waals surface area contributed by atoms with Gasteiger partial charge in [0.2, 0.25) is 16.9 Å². The van der Waals surface area contributed by atoms with E-state index >= 15 is 0 Å². The molecule has 2 N–H and O–H groups in total. The summed E-state index contributed by atoms with van der Waals surface area (Å²) in [6.45, 7) is 2.71. The Morgan fingerprint density at radius 1 is 1.05 bits per heavy atom. The van der Waals surface area contributed by atoms with E-state index in [0.717, 1.165) is 28.5 Å². The fourth-order valence-electron chi connectivity index (χ4n) is 5.38. The van der Waals surface area contributed by atoms with Gasteiger partial charge in [0, 0.05) is 19.5 Å². The van der Waals surface area contributed by atoms with E-state index in [1.54, 1.807) is 0 Å². The van der Waals surface area contributed by atoms with Crippen molar-refractivity contribution in [1.29, 1.82) is 0 Å². The summed E-state index contributed by atoms with van der Waals surface area (Å²) in [5.41, 5.74) is 3.32. The number of morpholine rings is 1. The standard InChI is InChI=1S/C28H31N3O6S/c32-24(17-30-11-13-37-14-12-30)38-23(15-18-5-2-1-3-6-18)26(33)29-21-10-9-19-7-4-8-20-16-22(28(35)36)31(25(19)20)27(21)34/h1-8,21-23H,9-17H2,(H,29,33)(H,35,36)/t21?,22-,23-/m0/s1. The molecule has 2 aromatic rings. The predicted molar refractivity (Wildman–Crippen MR) is 143 cm³/mol. The molecular formula is C28H31N3O6S. The lowest BCUT2D eigenvalue weighted by molar-refractivity contribution is -0.140. The number of hydrogen-bond donors (Lipinski definition) is 2. The van der Waals surface area contributed by atoms with Gasteiger partial charge in [-0.15, -0.1) is 0 Å². The molecule has 1 fully saturated rings. The molecule has 3 heterocycles. The normalized spacial score (nSPS) is 21.9. The molecule has 5 rings (SSSR count). The molecule has 3 aliphatic rings. The maximum atomic E-state index is 13.6. The van der Waals surface area contributed by atoms with Gasteiger partial charge in [0.15, 0.2) is 0 Å². The Morgan fingerprint density at radius 2 is 1.79 bits per heavy atom. The van der Waals surface area contributed by atoms with Gasteiger partial charge in [-0.1, -0.05) is 60.3 Å². The Balaban J connectivity index is 1.33. The van der Waals surface area contributed by atoms with Crippen LogP contribution in [0.1, 0.15) is 23.1 Å². The van der Waals surface area contributed by atoms with Crippen molar-refractivity contribution in [3.05, 3.63) is 65.2 Å². The average Bonchev–Trinajstić information content (AvgIpc) is 3.26. The first kappa shape index (κ1) is 26.4. The molecule has 0 saturated carbocycles. The van der Waals surface area contributed by atoms with Crippen LogP contribution in [0.4, 0.5) is 5.69 Å². The van der Waals surface area contributed by atoms with Crippen LogP contribution in [0.15, 0.2) is 48.5 Å². The molecule has 9 nitrogen and oxygen atoms in total. The molecular weight excluding hydrogens is 506 g/mol. The van der Waals surface area contributed by atoms with Crippen molar-refractivity contribution in [1.82, 2.24) is 10.2 Å². The number of carboxylic acid groups (broad SMARTS) is 1. The van der Waals surface area contributed by atoms with Gasteiger partial charge >= 0.3 is 5.97 Å². The number of hydrogen-bond acceptors (Lipinski definition) is 7. The van der Waals surface area contributed by atoms with Gasteiger partial charge in [-0.3, -0.25) is 24.2 Å². The first-order valence-electron chi connectivity index (χ1n) is 12.9. The summed E-state index contributed by atoms with van der Waals surface area (Å²) in [6, 6.07) is 13.2. The topological polar surface area (TPSA) is 116 Å². The molecule has 3 atom stereocenters. The summed E-state index contributed by atoms with van der Waals surface area (Å²) in [6.07, 6.45) is 1.47. The van der Waals surface area contributed by atoms with Gasteiger partial charge in [0.25, 0.3) is 0 Å². The number of aryl methyl sites for hydroxylation is 1. The van der Waals surface area contributed by atoms with Crippen LogP contribution in [-0.2, 0) is 43.2 Å². The molecule has 0 bridgehead atoms. The molecule has 1 saturated heterocycles. The number of para-hydroxylation sites is 1. The molecule has 3 aliphatic heterocycles. The lowest BCUT2D eigenvalue weighted by Gasteiger charge is -2.28. The summed E-state index contributed by atoms with van der Waals surface area (Å²) in [5.74, 6) is -1.89. The molecule has 38 heavy (non-hydrogen) atoms. The summed E-state index contributed by atoms with van der Waals surface area (Å²) >= 11 is 0.993. The van der Waals surface area contributed by atoms with Crippen molar-refractivity contribution < 1.29 is 29.0 Å². The number of carbonyl (C=O) groups is 4. The number of thioether (sulfide) groups is 1. The molecule has 0 aliphatic carbocycles. The van der Waals surface area contributed by atoms with Gasteiger partial charge in [0.05, 0.1) is 30.7 Å². The molecule has 1 unspecified atom stereocenters. The largest absolute Gasteiger partial charge is 0.480 e. The molecule has 0 radical (unpaired) electrons. The summed E-state index contributed by atoms with van der Waals surface area (Å²) in [4.78, 5) is 55.6. The SMILES string of the molecule is O=C(CN1CCOCC1)S[C@@H](Cc1ccccc1)C(=O)NC1CCc2cccc3c2N(C1=O)[C@H](C(=O)O)C3. The van der Waals surface area contributed by atoms with Gasteiger partial charge in [-0.2, -0.15) is 0 Å². The number of nitrogens with zero attached hydrogens (tertiary/aromatic N) is 2. The van der Waals surface area contributed by atoms with Crippen LogP contribution in [0.3, 0.4) is 0 Å². The maximum Gasteiger partial charge on any atom is 0.327 e. The molecule has 0 aromatic heterocycles. The van der Waals surface area contributed by atoms with Crippen LogP contribution in [0.2, 0.25) is 0 Å². The van der Waals surface area contributed by atoms with E-state index in [4.69, 9.17) is 4.74 Å². The third kappa shape index (κ3) is 5.77. The zero-order valence-corrected chi connectivity index (χ0v) is 21.8. The van der Waals surface area contributed by atoms with Crippen LogP contribution in [0.25, 0.3) is 0 Å². The van der Waals surface area contributed by atoms with Crippen LogP contribution in [-0.4, -0.2) is 83.1 Å². The number of carboxylic acids is 1. The van der Waals surface area contributed by atoms with Gasteiger partial charge in [-0.05, 0) is 36.0 Å². The first-order chi connectivity index (χ1) is 18.4. The smallest absolute Gasteiger partial charge is 0.327 e. The van der Waals surface area contributed by atoms with Crippen molar-refractivity contribution >= 4 is 40.3 Å². The molecule has 2 aromatic carbocycles. The van der Waals surface area contributed by atoms with Crippen LogP contribution >= 0.6 is 11.8 Å². The first-order valence-corrected chi connectivity index (χ1v) is 13.8. The minimum atomic E-state index is -1.07.